The Morgan fingerprint density at radius 1 is 1.03 bits per heavy atom. The lowest BCUT2D eigenvalue weighted by Crippen LogP contribution is -2.07. The molecule has 2 aromatic carbocycles. The van der Waals surface area contributed by atoms with Crippen molar-refractivity contribution in [3.63, 3.8) is 0 Å². The van der Waals surface area contributed by atoms with E-state index in [0.717, 1.165) is 52.4 Å². The van der Waals surface area contributed by atoms with Crippen molar-refractivity contribution in [1.29, 1.82) is 0 Å². The number of nitrogens with zero attached hydrogens (tertiary/aromatic N) is 3. The van der Waals surface area contributed by atoms with Gasteiger partial charge in [0.1, 0.15) is 22.8 Å². The molecule has 1 fully saturated rings. The zero-order chi connectivity index (χ0) is 19.6. The molecule has 0 atom stereocenters. The first-order valence-corrected chi connectivity index (χ1v) is 9.91. The second-order valence-electron chi connectivity index (χ2n) is 7.44. The number of rotatable bonds is 7. The van der Waals surface area contributed by atoms with Crippen molar-refractivity contribution >= 4 is 28.5 Å². The average Bonchev–Trinajstić information content (AvgIpc) is 3.52. The number of ether oxygens (including phenoxy) is 1. The third-order valence-corrected chi connectivity index (χ3v) is 5.10. The molecule has 4 aromatic rings. The van der Waals surface area contributed by atoms with Gasteiger partial charge in [-0.3, -0.25) is 0 Å². The Morgan fingerprint density at radius 2 is 1.86 bits per heavy atom. The lowest BCUT2D eigenvalue weighted by Gasteiger charge is -2.09. The number of benzene rings is 2. The van der Waals surface area contributed by atoms with Gasteiger partial charge >= 0.3 is 0 Å². The van der Waals surface area contributed by atoms with Gasteiger partial charge in [0.25, 0.3) is 0 Å². The Hall–Kier alpha value is -3.54. The summed E-state index contributed by atoms with van der Waals surface area (Å²) < 4.78 is 8.00. The molecule has 1 aliphatic carbocycles. The van der Waals surface area contributed by atoms with Crippen molar-refractivity contribution in [2.24, 2.45) is 13.0 Å². The van der Waals surface area contributed by atoms with Gasteiger partial charge in [-0.15, -0.1) is 0 Å². The fourth-order valence-corrected chi connectivity index (χ4v) is 3.29. The number of anilines is 3. The van der Waals surface area contributed by atoms with E-state index in [0.29, 0.717) is 0 Å². The molecule has 29 heavy (non-hydrogen) atoms. The van der Waals surface area contributed by atoms with Crippen LogP contribution in [0.15, 0.2) is 66.9 Å². The Balaban J connectivity index is 1.34. The van der Waals surface area contributed by atoms with Crippen molar-refractivity contribution in [3.8, 4) is 11.5 Å². The zero-order valence-electron chi connectivity index (χ0n) is 16.3. The number of aromatic nitrogens is 3. The van der Waals surface area contributed by atoms with Gasteiger partial charge in [0.15, 0.2) is 0 Å². The summed E-state index contributed by atoms with van der Waals surface area (Å²) in [6.07, 6.45) is 4.45. The summed E-state index contributed by atoms with van der Waals surface area (Å²) >= 11 is 0. The highest BCUT2D eigenvalue weighted by molar-refractivity contribution is 5.81. The second kappa shape index (κ2) is 7.47. The molecule has 2 heterocycles. The van der Waals surface area contributed by atoms with Crippen LogP contribution in [0, 0.1) is 5.92 Å². The maximum absolute atomic E-state index is 5.92. The van der Waals surface area contributed by atoms with Crippen LogP contribution in [-0.2, 0) is 7.05 Å². The van der Waals surface area contributed by atoms with Gasteiger partial charge in [-0.05, 0) is 43.0 Å². The van der Waals surface area contributed by atoms with Gasteiger partial charge in [-0.25, -0.2) is 9.97 Å². The van der Waals surface area contributed by atoms with Crippen LogP contribution >= 0.6 is 0 Å². The smallest absolute Gasteiger partial charge is 0.203 e. The van der Waals surface area contributed by atoms with Crippen LogP contribution in [0.25, 0.3) is 11.0 Å². The highest BCUT2D eigenvalue weighted by Gasteiger charge is 2.21. The minimum absolute atomic E-state index is 0.770. The van der Waals surface area contributed by atoms with Crippen LogP contribution in [0.1, 0.15) is 12.8 Å². The van der Waals surface area contributed by atoms with Crippen LogP contribution in [0.3, 0.4) is 0 Å². The summed E-state index contributed by atoms with van der Waals surface area (Å²) in [5, 5.41) is 6.82. The zero-order valence-corrected chi connectivity index (χ0v) is 16.3. The topological polar surface area (TPSA) is 64.0 Å². The molecule has 5 rings (SSSR count). The highest BCUT2D eigenvalue weighted by atomic mass is 16.5. The van der Waals surface area contributed by atoms with Gasteiger partial charge in [0.2, 0.25) is 5.95 Å². The molecule has 6 nitrogen and oxygen atoms in total. The van der Waals surface area contributed by atoms with Gasteiger partial charge < -0.3 is 19.9 Å². The molecule has 2 aromatic heterocycles. The van der Waals surface area contributed by atoms with E-state index in [2.05, 4.69) is 25.2 Å². The summed E-state index contributed by atoms with van der Waals surface area (Å²) in [6.45, 7) is 0.990. The van der Waals surface area contributed by atoms with Gasteiger partial charge in [-0.1, -0.05) is 24.3 Å². The maximum Gasteiger partial charge on any atom is 0.203 e. The first-order chi connectivity index (χ1) is 14.2. The standard InChI is InChI=1S/C23H23N5O/c1-28-21-13-22(24-15-20(21)27-23(28)25-14-16-10-11-16)26-17-6-5-9-19(12-17)29-18-7-3-2-4-8-18/h2-9,12-13,15-16H,10-11,14H2,1H3,(H,24,26)(H,25,27). The number of para-hydroxylation sites is 1. The van der Waals surface area contributed by atoms with Crippen LogP contribution in [0.4, 0.5) is 17.5 Å². The molecule has 0 radical (unpaired) electrons. The Morgan fingerprint density at radius 3 is 2.69 bits per heavy atom. The molecule has 1 aliphatic rings. The third-order valence-electron chi connectivity index (χ3n) is 5.10. The minimum Gasteiger partial charge on any atom is -0.457 e. The predicted molar refractivity (Wildman–Crippen MR) is 116 cm³/mol. The number of aryl methyl sites for hydroxylation is 1. The second-order valence-corrected chi connectivity index (χ2v) is 7.44. The summed E-state index contributed by atoms with van der Waals surface area (Å²) in [4.78, 5) is 9.18. The van der Waals surface area contributed by atoms with E-state index in [1.165, 1.54) is 12.8 Å². The Kier molecular flexibility index (Phi) is 4.52. The molecule has 0 spiro atoms. The number of hydrogen-bond donors (Lipinski definition) is 2. The Bertz CT molecular complexity index is 1130. The van der Waals surface area contributed by atoms with Crippen LogP contribution in [0.5, 0.6) is 11.5 Å². The van der Waals surface area contributed by atoms with Crippen LogP contribution < -0.4 is 15.4 Å². The minimum atomic E-state index is 0.770. The van der Waals surface area contributed by atoms with Crippen molar-refractivity contribution in [2.75, 3.05) is 17.2 Å². The summed E-state index contributed by atoms with van der Waals surface area (Å²) in [7, 11) is 2.03. The van der Waals surface area contributed by atoms with E-state index < -0.39 is 0 Å². The number of imidazole rings is 1. The first-order valence-electron chi connectivity index (χ1n) is 9.91. The molecular formula is C23H23N5O. The van der Waals surface area contributed by atoms with Crippen molar-refractivity contribution in [1.82, 2.24) is 14.5 Å². The lowest BCUT2D eigenvalue weighted by atomic mass is 10.3. The number of hydrogen-bond acceptors (Lipinski definition) is 5. The van der Waals surface area contributed by atoms with Crippen LogP contribution in [-0.4, -0.2) is 21.1 Å². The third kappa shape index (κ3) is 4.01. The fourth-order valence-electron chi connectivity index (χ4n) is 3.29. The fraction of sp³-hybridized carbons (Fsp3) is 0.217. The first kappa shape index (κ1) is 17.6. The van der Waals surface area contributed by atoms with Gasteiger partial charge in [0, 0.05) is 31.4 Å². The quantitative estimate of drug-likeness (QED) is 0.450. The van der Waals surface area contributed by atoms with E-state index in [1.54, 1.807) is 0 Å². The SMILES string of the molecule is Cn1c(NCC2CC2)nc2cnc(Nc3cccc(Oc4ccccc4)c3)cc21. The summed E-state index contributed by atoms with van der Waals surface area (Å²) in [5.74, 6) is 4.05. The van der Waals surface area contributed by atoms with Crippen molar-refractivity contribution in [3.05, 3.63) is 66.9 Å². The molecule has 0 saturated heterocycles. The maximum atomic E-state index is 5.92. The molecule has 0 unspecified atom stereocenters. The average molecular weight is 385 g/mol. The molecule has 2 N–H and O–H groups in total. The summed E-state index contributed by atoms with van der Waals surface area (Å²) in [5.41, 5.74) is 2.84. The highest BCUT2D eigenvalue weighted by Crippen LogP contribution is 2.30. The van der Waals surface area contributed by atoms with Crippen LogP contribution in [0.2, 0.25) is 0 Å². The van der Waals surface area contributed by atoms with E-state index >= 15 is 0 Å². The molecule has 146 valence electrons. The molecule has 6 heteroatoms. The van der Waals surface area contributed by atoms with Crippen molar-refractivity contribution < 1.29 is 4.74 Å². The number of nitrogens with one attached hydrogen (secondary N) is 2. The molecular weight excluding hydrogens is 362 g/mol. The normalized spacial score (nSPS) is 13.4. The molecule has 0 bridgehead atoms. The molecule has 0 aliphatic heterocycles. The van der Waals surface area contributed by atoms with E-state index in [4.69, 9.17) is 4.74 Å². The monoisotopic (exact) mass is 385 g/mol. The van der Waals surface area contributed by atoms with Gasteiger partial charge in [0.05, 0.1) is 11.7 Å². The van der Waals surface area contributed by atoms with Crippen molar-refractivity contribution in [2.45, 2.75) is 12.8 Å². The predicted octanol–water partition coefficient (Wildman–Crippen LogP) is 5.33. The van der Waals surface area contributed by atoms with Gasteiger partial charge in [-0.2, -0.15) is 0 Å². The number of pyridine rings is 1. The Labute approximate surface area is 169 Å². The largest absolute Gasteiger partial charge is 0.457 e. The van der Waals surface area contributed by atoms with E-state index in [9.17, 15) is 0 Å². The molecule has 0 amide bonds. The molecule has 1 saturated carbocycles. The van der Waals surface area contributed by atoms with E-state index in [1.807, 2.05) is 73.9 Å². The number of fused-ring (bicyclic) bond motifs is 1. The lowest BCUT2D eigenvalue weighted by molar-refractivity contribution is 0.483. The van der Waals surface area contributed by atoms with E-state index in [-0.39, 0.29) is 0 Å². The summed E-state index contributed by atoms with van der Waals surface area (Å²) in [6, 6.07) is 19.6.